The Morgan fingerprint density at radius 1 is 0.319 bits per heavy atom. The van der Waals surface area contributed by atoms with Gasteiger partial charge in [0.1, 0.15) is 0 Å². The van der Waals surface area contributed by atoms with Crippen LogP contribution in [0, 0.1) is 0 Å². The summed E-state index contributed by atoms with van der Waals surface area (Å²) in [4.78, 5) is 43.2. The molecule has 0 N–H and O–H groups in total. The van der Waals surface area contributed by atoms with Gasteiger partial charge in [-0.2, -0.15) is 34.2 Å². The Morgan fingerprint density at radius 3 is 0.617 bits per heavy atom. The van der Waals surface area contributed by atoms with E-state index >= 15 is 0 Å². The minimum Gasteiger partial charge on any atom is -0.825 e. The van der Waals surface area contributed by atoms with Crippen LogP contribution < -0.4 is 19.6 Å². The first-order valence-corrected chi connectivity index (χ1v) is 27.9. The van der Waals surface area contributed by atoms with Gasteiger partial charge in [-0.1, -0.05) is 206 Å². The molecule has 0 atom stereocenters. The third kappa shape index (κ3) is 58.1. The Balaban J connectivity index is -0.000000807. The molecular formula is C36H74MoO4P2S4. The second kappa shape index (κ2) is 42.9. The number of hydrogen-bond acceptors (Lipinski definition) is 8. The molecule has 0 bridgehead atoms. The summed E-state index contributed by atoms with van der Waals surface area (Å²) in [6, 6.07) is 0. The van der Waals surface area contributed by atoms with Crippen LogP contribution in [0.1, 0.15) is 219 Å². The monoisotopic (exact) mass is 858 g/mol. The summed E-state index contributed by atoms with van der Waals surface area (Å²) in [7, 11) is 0. The van der Waals surface area contributed by atoms with Crippen LogP contribution in [0.3, 0.4) is 0 Å². The molecule has 0 aliphatic carbocycles. The van der Waals surface area contributed by atoms with E-state index in [1.165, 1.54) is 180 Å². The van der Waals surface area contributed by atoms with E-state index in [1.54, 1.807) is 0 Å². The van der Waals surface area contributed by atoms with Crippen LogP contribution >= 0.6 is 34.2 Å². The summed E-state index contributed by atoms with van der Waals surface area (Å²) >= 11 is 10.6. The van der Waals surface area contributed by atoms with Crippen LogP contribution in [0.2, 0.25) is 0 Å². The zero-order valence-electron chi connectivity index (χ0n) is 30.6. The summed E-state index contributed by atoms with van der Waals surface area (Å²) in [5.74, 6) is 1.34. The molecule has 0 rings (SSSR count). The molecule has 4 nitrogen and oxygen atoms in total. The molecule has 0 aliphatic rings. The Morgan fingerprint density at radius 2 is 0.468 bits per heavy atom. The molecule has 47 heavy (non-hydrogen) atoms. The molecule has 0 saturated carbocycles. The number of rotatable bonds is 36. The van der Waals surface area contributed by atoms with Crippen molar-refractivity contribution in [2.75, 3.05) is 11.5 Å². The molecule has 0 heterocycles. The normalized spacial score (nSPS) is 11.7. The summed E-state index contributed by atoms with van der Waals surface area (Å²) in [5, 5.41) is 0. The van der Waals surface area contributed by atoms with Gasteiger partial charge in [0.05, 0.1) is 0 Å². The van der Waals surface area contributed by atoms with Gasteiger partial charge in [-0.05, 0) is 24.3 Å². The summed E-state index contributed by atoms with van der Waals surface area (Å²) in [6.07, 6.45) is 43.0. The van der Waals surface area contributed by atoms with Crippen LogP contribution in [-0.4, -0.2) is 11.5 Å². The fourth-order valence-electron chi connectivity index (χ4n) is 5.65. The maximum atomic E-state index is 10.8. The van der Waals surface area contributed by atoms with Crippen LogP contribution in [0.25, 0.3) is 0 Å². The van der Waals surface area contributed by atoms with E-state index in [0.29, 0.717) is 11.5 Å². The second-order valence-corrected chi connectivity index (χ2v) is 25.0. The zero-order chi connectivity index (χ0) is 34.5. The van der Waals surface area contributed by atoms with E-state index in [9.17, 15) is 19.6 Å². The van der Waals surface area contributed by atoms with Gasteiger partial charge in [0.2, 0.25) is 0 Å². The predicted molar refractivity (Wildman–Crippen MR) is 213 cm³/mol. The fraction of sp³-hybridized carbons (Fsp3) is 1.00. The quantitative estimate of drug-likeness (QED) is 0.0349. The van der Waals surface area contributed by atoms with Crippen molar-refractivity contribution < 1.29 is 40.6 Å². The molecular weight excluding hydrogens is 783 g/mol. The Hall–Kier alpha value is 2.53. The van der Waals surface area contributed by atoms with Crippen LogP contribution in [0.4, 0.5) is 0 Å². The van der Waals surface area contributed by atoms with Gasteiger partial charge in [0.25, 0.3) is 0 Å². The second-order valence-electron chi connectivity index (χ2n) is 13.2. The Kier molecular flexibility index (Phi) is 49.2. The maximum Gasteiger partial charge on any atom is 4.00 e. The van der Waals surface area contributed by atoms with Gasteiger partial charge < -0.3 is 19.6 Å². The van der Waals surface area contributed by atoms with Gasteiger partial charge in [0.15, 0.2) is 0 Å². The summed E-state index contributed by atoms with van der Waals surface area (Å²) < 4.78 is 0. The SMILES string of the molecule is CCCCCCCCCCCCCCCCCCSP([O-])([O-])=S.CCCCCCCCCCCCCCCCCCSP([O-])([O-])=S.[Mo+4]. The van der Waals surface area contributed by atoms with Crippen molar-refractivity contribution in [2.45, 2.75) is 219 Å². The third-order valence-electron chi connectivity index (χ3n) is 8.49. The minimum atomic E-state index is -3.51. The summed E-state index contributed by atoms with van der Waals surface area (Å²) in [6.45, 7) is 4.54. The van der Waals surface area contributed by atoms with Crippen molar-refractivity contribution in [3.05, 3.63) is 0 Å². The van der Waals surface area contributed by atoms with E-state index in [0.717, 1.165) is 48.4 Å². The molecule has 0 spiro atoms. The molecule has 0 aromatic carbocycles. The van der Waals surface area contributed by atoms with Gasteiger partial charge in [-0.3, -0.25) is 0 Å². The molecule has 0 saturated heterocycles. The molecule has 0 aromatic rings. The summed E-state index contributed by atoms with van der Waals surface area (Å²) in [5.41, 5.74) is -7.01. The van der Waals surface area contributed by atoms with Crippen LogP contribution in [0.15, 0.2) is 0 Å². The predicted octanol–water partition coefficient (Wildman–Crippen LogP) is 11.8. The van der Waals surface area contributed by atoms with Gasteiger partial charge in [0, 0.05) is 0 Å². The molecule has 0 unspecified atom stereocenters. The maximum absolute atomic E-state index is 10.8. The van der Waals surface area contributed by atoms with Crippen LogP contribution in [0.5, 0.6) is 0 Å². The molecule has 0 amide bonds. The zero-order valence-corrected chi connectivity index (χ0v) is 37.7. The first-order chi connectivity index (χ1) is 22.1. The van der Waals surface area contributed by atoms with Gasteiger partial charge in [-0.15, -0.1) is 23.6 Å². The smallest absolute Gasteiger partial charge is 0.825 e. The van der Waals surface area contributed by atoms with E-state index in [2.05, 4.69) is 37.5 Å². The third-order valence-corrected chi connectivity index (χ3v) is 15.0. The van der Waals surface area contributed by atoms with Crippen molar-refractivity contribution >= 4 is 57.8 Å². The van der Waals surface area contributed by atoms with Crippen molar-refractivity contribution in [2.24, 2.45) is 0 Å². The average molecular weight is 857 g/mol. The van der Waals surface area contributed by atoms with E-state index < -0.39 is 11.4 Å². The van der Waals surface area contributed by atoms with Crippen molar-refractivity contribution in [3.8, 4) is 0 Å². The Labute approximate surface area is 326 Å². The molecule has 0 fully saturated rings. The first kappa shape index (κ1) is 53.9. The molecule has 0 aromatic heterocycles. The van der Waals surface area contributed by atoms with E-state index in [4.69, 9.17) is 0 Å². The van der Waals surface area contributed by atoms with Crippen molar-refractivity contribution in [3.63, 3.8) is 0 Å². The van der Waals surface area contributed by atoms with Crippen LogP contribution in [-0.2, 0) is 44.7 Å². The average Bonchev–Trinajstić information content (AvgIpc) is 2.99. The molecule has 0 aliphatic heterocycles. The largest absolute Gasteiger partial charge is 4.00 e. The minimum absolute atomic E-state index is 0. The van der Waals surface area contributed by atoms with Gasteiger partial charge >= 0.3 is 21.1 Å². The number of hydrogen-bond donors (Lipinski definition) is 0. The van der Waals surface area contributed by atoms with E-state index in [1.807, 2.05) is 0 Å². The standard InChI is InChI=1S/2C18H39O2PS2.Mo/c2*1-2-3-4-5-6-7-8-9-10-11-12-13-14-15-16-17-18-23-21(19,20)22;/h2*2-18H2,1H3,(H2,19,20,22);/q;;+4/p-4. The Bertz CT molecular complexity index is 627. The van der Waals surface area contributed by atoms with E-state index in [-0.39, 0.29) is 21.1 Å². The first-order valence-electron chi connectivity index (χ1n) is 19.5. The fourth-order valence-corrected chi connectivity index (χ4v) is 10.2. The molecule has 11 heteroatoms. The molecule has 282 valence electrons. The number of unbranched alkanes of at least 4 members (excludes halogenated alkanes) is 30. The van der Waals surface area contributed by atoms with Crippen molar-refractivity contribution in [1.29, 1.82) is 0 Å². The topological polar surface area (TPSA) is 92.2 Å². The van der Waals surface area contributed by atoms with Crippen molar-refractivity contribution in [1.82, 2.24) is 0 Å². The molecule has 0 radical (unpaired) electrons. The van der Waals surface area contributed by atoms with Gasteiger partial charge in [-0.25, -0.2) is 0 Å².